The predicted molar refractivity (Wildman–Crippen MR) is 101 cm³/mol. The minimum absolute atomic E-state index is 0.0713. The van der Waals surface area contributed by atoms with Gasteiger partial charge < -0.3 is 15.4 Å². The topological polar surface area (TPSA) is 123 Å². The number of benzene rings is 1. The first kappa shape index (κ1) is 20.4. The Labute approximate surface area is 163 Å². The van der Waals surface area contributed by atoms with E-state index in [2.05, 4.69) is 15.6 Å². The Morgan fingerprint density at radius 2 is 1.96 bits per heavy atom. The number of nitrogens with one attached hydrogen (secondary N) is 2. The number of aromatic nitrogens is 1. The van der Waals surface area contributed by atoms with Crippen LogP contribution >= 0.6 is 23.2 Å². The molecule has 0 saturated heterocycles. The molecule has 0 bridgehead atoms. The molecule has 2 aromatic rings. The highest BCUT2D eigenvalue weighted by molar-refractivity contribution is 6.36. The summed E-state index contributed by atoms with van der Waals surface area (Å²) in [6.45, 7) is 1.00. The number of ether oxygens (including phenoxy) is 1. The first-order valence-electron chi connectivity index (χ1n) is 7.48. The fraction of sp³-hybridized carbons (Fsp3) is 0.188. The molecule has 0 atom stereocenters. The summed E-state index contributed by atoms with van der Waals surface area (Å²) in [6, 6.07) is 5.10. The standard InChI is InChI=1S/C16H14Cl2N4O5/c1-8-11(17)6-12(18)15(20-8)21-14(23)7-27-16(24)10-5-9(22(25)26)3-4-13(10)19-2/h3-6,19H,7H2,1-2H3,(H,20,21,23). The van der Waals surface area contributed by atoms with Crippen LogP contribution < -0.4 is 10.6 Å². The number of anilines is 2. The number of hydrogen-bond acceptors (Lipinski definition) is 7. The van der Waals surface area contributed by atoms with Crippen LogP contribution in [-0.2, 0) is 9.53 Å². The van der Waals surface area contributed by atoms with Gasteiger partial charge in [0.2, 0.25) is 0 Å². The van der Waals surface area contributed by atoms with Gasteiger partial charge in [-0.3, -0.25) is 14.9 Å². The largest absolute Gasteiger partial charge is 0.452 e. The summed E-state index contributed by atoms with van der Waals surface area (Å²) in [4.78, 5) is 38.4. The summed E-state index contributed by atoms with van der Waals surface area (Å²) < 4.78 is 4.92. The number of pyridine rings is 1. The molecule has 1 heterocycles. The summed E-state index contributed by atoms with van der Waals surface area (Å²) in [7, 11) is 1.54. The van der Waals surface area contributed by atoms with Gasteiger partial charge in [-0.15, -0.1) is 0 Å². The number of aryl methyl sites for hydroxylation is 1. The summed E-state index contributed by atoms with van der Waals surface area (Å²) >= 11 is 11.8. The second-order valence-electron chi connectivity index (χ2n) is 5.25. The van der Waals surface area contributed by atoms with Crippen LogP contribution in [0.1, 0.15) is 16.1 Å². The number of rotatable bonds is 6. The van der Waals surface area contributed by atoms with E-state index in [1.165, 1.54) is 18.2 Å². The summed E-state index contributed by atoms with van der Waals surface area (Å²) in [5.41, 5.74) is 0.434. The number of halogens is 2. The molecule has 0 aliphatic heterocycles. The monoisotopic (exact) mass is 412 g/mol. The van der Waals surface area contributed by atoms with Gasteiger partial charge in [0.05, 0.1) is 26.2 Å². The Balaban J connectivity index is 2.07. The van der Waals surface area contributed by atoms with Crippen LogP contribution in [0.25, 0.3) is 0 Å². The number of nitro groups is 1. The molecule has 0 saturated carbocycles. The van der Waals surface area contributed by atoms with Gasteiger partial charge in [-0.05, 0) is 19.1 Å². The fourth-order valence-corrected chi connectivity index (χ4v) is 2.46. The van der Waals surface area contributed by atoms with Crippen LogP contribution in [0.3, 0.4) is 0 Å². The van der Waals surface area contributed by atoms with E-state index < -0.39 is 23.4 Å². The second-order valence-corrected chi connectivity index (χ2v) is 6.06. The molecule has 0 radical (unpaired) electrons. The summed E-state index contributed by atoms with van der Waals surface area (Å²) in [6.07, 6.45) is 0. The molecule has 142 valence electrons. The van der Waals surface area contributed by atoms with E-state index in [0.717, 1.165) is 6.07 Å². The van der Waals surface area contributed by atoms with Crippen LogP contribution in [0.5, 0.6) is 0 Å². The molecule has 11 heteroatoms. The third-order valence-electron chi connectivity index (χ3n) is 3.40. The lowest BCUT2D eigenvalue weighted by atomic mass is 10.1. The van der Waals surface area contributed by atoms with Crippen molar-refractivity contribution in [1.82, 2.24) is 4.98 Å². The lowest BCUT2D eigenvalue weighted by molar-refractivity contribution is -0.384. The zero-order chi connectivity index (χ0) is 20.1. The van der Waals surface area contributed by atoms with E-state index in [0.29, 0.717) is 16.4 Å². The molecular weight excluding hydrogens is 399 g/mol. The molecule has 2 rings (SSSR count). The van der Waals surface area contributed by atoms with E-state index in [-0.39, 0.29) is 22.1 Å². The van der Waals surface area contributed by atoms with Gasteiger partial charge in [0.1, 0.15) is 0 Å². The molecule has 0 spiro atoms. The van der Waals surface area contributed by atoms with Crippen molar-refractivity contribution in [3.8, 4) is 0 Å². The van der Waals surface area contributed by atoms with Crippen LogP contribution in [0, 0.1) is 17.0 Å². The van der Waals surface area contributed by atoms with Crippen LogP contribution in [0.2, 0.25) is 10.0 Å². The number of nitrogens with zero attached hydrogens (tertiary/aromatic N) is 2. The average Bonchev–Trinajstić information content (AvgIpc) is 2.63. The highest BCUT2D eigenvalue weighted by atomic mass is 35.5. The van der Waals surface area contributed by atoms with Crippen LogP contribution in [-0.4, -0.2) is 35.4 Å². The van der Waals surface area contributed by atoms with E-state index in [1.807, 2.05) is 0 Å². The molecule has 1 aromatic heterocycles. The highest BCUT2D eigenvalue weighted by Gasteiger charge is 2.19. The smallest absolute Gasteiger partial charge is 0.341 e. The van der Waals surface area contributed by atoms with Gasteiger partial charge in [-0.1, -0.05) is 23.2 Å². The number of carbonyl (C=O) groups excluding carboxylic acids is 2. The normalized spacial score (nSPS) is 10.2. The Hall–Kier alpha value is -2.91. The number of amides is 1. The second kappa shape index (κ2) is 8.65. The Morgan fingerprint density at radius 3 is 2.59 bits per heavy atom. The number of carbonyl (C=O) groups is 2. The van der Waals surface area contributed by atoms with Gasteiger partial charge in [0, 0.05) is 24.9 Å². The first-order valence-corrected chi connectivity index (χ1v) is 8.24. The maximum absolute atomic E-state index is 12.2. The zero-order valence-electron chi connectivity index (χ0n) is 14.2. The van der Waals surface area contributed by atoms with E-state index in [1.54, 1.807) is 14.0 Å². The number of nitro benzene ring substituents is 1. The molecule has 0 aliphatic carbocycles. The van der Waals surface area contributed by atoms with E-state index >= 15 is 0 Å². The van der Waals surface area contributed by atoms with Gasteiger partial charge in [0.25, 0.3) is 11.6 Å². The number of hydrogen-bond donors (Lipinski definition) is 2. The minimum atomic E-state index is -0.899. The number of non-ortho nitro benzene ring substituents is 1. The van der Waals surface area contributed by atoms with Gasteiger partial charge in [0.15, 0.2) is 12.4 Å². The minimum Gasteiger partial charge on any atom is -0.452 e. The van der Waals surface area contributed by atoms with Crippen LogP contribution in [0.15, 0.2) is 24.3 Å². The van der Waals surface area contributed by atoms with Crippen molar-refractivity contribution >= 4 is 52.3 Å². The molecule has 9 nitrogen and oxygen atoms in total. The first-order chi connectivity index (χ1) is 12.7. The molecular formula is C16H14Cl2N4O5. The van der Waals surface area contributed by atoms with Gasteiger partial charge in [-0.25, -0.2) is 9.78 Å². The van der Waals surface area contributed by atoms with E-state index in [4.69, 9.17) is 27.9 Å². The number of esters is 1. The maximum Gasteiger partial charge on any atom is 0.341 e. The lowest BCUT2D eigenvalue weighted by Crippen LogP contribution is -2.22. The third kappa shape index (κ3) is 5.05. The molecule has 0 fully saturated rings. The maximum atomic E-state index is 12.2. The molecule has 1 aromatic carbocycles. The Morgan fingerprint density at radius 1 is 1.26 bits per heavy atom. The zero-order valence-corrected chi connectivity index (χ0v) is 15.7. The quantitative estimate of drug-likeness (QED) is 0.422. The molecule has 1 amide bonds. The molecule has 2 N–H and O–H groups in total. The SMILES string of the molecule is CNc1ccc([N+](=O)[O-])cc1C(=O)OCC(=O)Nc1nc(C)c(Cl)cc1Cl. The Kier molecular flexibility index (Phi) is 6.54. The van der Waals surface area contributed by atoms with Crippen LogP contribution in [0.4, 0.5) is 17.2 Å². The van der Waals surface area contributed by atoms with Crippen molar-refractivity contribution < 1.29 is 19.2 Å². The summed E-state index contributed by atoms with van der Waals surface area (Å²) in [5, 5.41) is 16.5. The van der Waals surface area contributed by atoms with E-state index in [9.17, 15) is 19.7 Å². The van der Waals surface area contributed by atoms with Crippen molar-refractivity contribution in [2.24, 2.45) is 0 Å². The van der Waals surface area contributed by atoms with Gasteiger partial charge in [-0.2, -0.15) is 0 Å². The Bertz CT molecular complexity index is 920. The molecule has 0 aliphatic rings. The lowest BCUT2D eigenvalue weighted by Gasteiger charge is -2.10. The van der Waals surface area contributed by atoms with Crippen molar-refractivity contribution in [3.05, 3.63) is 55.7 Å². The molecule has 0 unspecified atom stereocenters. The average molecular weight is 413 g/mol. The van der Waals surface area contributed by atoms with Crippen molar-refractivity contribution in [2.75, 3.05) is 24.3 Å². The third-order valence-corrected chi connectivity index (χ3v) is 4.07. The molecule has 27 heavy (non-hydrogen) atoms. The van der Waals surface area contributed by atoms with Crippen molar-refractivity contribution in [2.45, 2.75) is 6.92 Å². The fourth-order valence-electron chi connectivity index (χ4n) is 2.06. The predicted octanol–water partition coefficient (Wildman–Crippen LogP) is 3.44. The summed E-state index contributed by atoms with van der Waals surface area (Å²) in [5.74, 6) is -1.51. The van der Waals surface area contributed by atoms with Gasteiger partial charge >= 0.3 is 5.97 Å². The van der Waals surface area contributed by atoms with Crippen molar-refractivity contribution in [1.29, 1.82) is 0 Å². The van der Waals surface area contributed by atoms with Crippen molar-refractivity contribution in [3.63, 3.8) is 0 Å². The highest BCUT2D eigenvalue weighted by Crippen LogP contribution is 2.26.